The van der Waals surface area contributed by atoms with Crippen LogP contribution in [-0.2, 0) is 0 Å². The van der Waals surface area contributed by atoms with Gasteiger partial charge in [0.15, 0.2) is 0 Å². The molecule has 1 unspecified atom stereocenters. The molecular formula is C15H12F5N. The molecule has 0 saturated heterocycles. The summed E-state index contributed by atoms with van der Waals surface area (Å²) in [5.41, 5.74) is -0.753. The summed E-state index contributed by atoms with van der Waals surface area (Å²) in [5.74, 6) is -4.94. The highest BCUT2D eigenvalue weighted by Gasteiger charge is 2.25. The Balaban J connectivity index is 2.63. The quantitative estimate of drug-likeness (QED) is 0.845. The topological polar surface area (TPSA) is 12.0 Å². The zero-order valence-corrected chi connectivity index (χ0v) is 11.3. The summed E-state index contributed by atoms with van der Waals surface area (Å²) in [5, 5.41) is 2.51. The maximum atomic E-state index is 14.0. The van der Waals surface area contributed by atoms with E-state index >= 15 is 0 Å². The lowest BCUT2D eigenvalue weighted by molar-refractivity contribution is 0.488. The molecule has 0 radical (unpaired) electrons. The molecule has 0 aliphatic carbocycles. The van der Waals surface area contributed by atoms with Crippen LogP contribution in [0.4, 0.5) is 22.0 Å². The first kappa shape index (κ1) is 15.4. The van der Waals surface area contributed by atoms with Crippen LogP contribution >= 0.6 is 0 Å². The fraction of sp³-hybridized carbons (Fsp3) is 0.200. The third-order valence-corrected chi connectivity index (χ3v) is 3.21. The summed E-state index contributed by atoms with van der Waals surface area (Å²) < 4.78 is 68.1. The lowest BCUT2D eigenvalue weighted by Crippen LogP contribution is -2.22. The van der Waals surface area contributed by atoms with Crippen LogP contribution in [0, 0.1) is 36.0 Å². The molecule has 0 aliphatic rings. The van der Waals surface area contributed by atoms with Gasteiger partial charge in [0.25, 0.3) is 0 Å². The van der Waals surface area contributed by atoms with Gasteiger partial charge in [-0.05, 0) is 31.7 Å². The molecular weight excluding hydrogens is 289 g/mol. The molecule has 21 heavy (non-hydrogen) atoms. The lowest BCUT2D eigenvalue weighted by Gasteiger charge is -2.20. The van der Waals surface area contributed by atoms with Crippen LogP contribution in [0.5, 0.6) is 0 Å². The molecule has 6 heteroatoms. The van der Waals surface area contributed by atoms with Crippen LogP contribution in [-0.4, -0.2) is 7.05 Å². The molecule has 1 N–H and O–H groups in total. The number of nitrogens with one attached hydrogen (secondary N) is 1. The normalized spacial score (nSPS) is 12.5. The van der Waals surface area contributed by atoms with E-state index in [9.17, 15) is 22.0 Å². The minimum absolute atomic E-state index is 0.0751. The molecule has 0 saturated carbocycles. The smallest absolute Gasteiger partial charge is 0.134 e. The highest BCUT2D eigenvalue weighted by molar-refractivity contribution is 5.36. The predicted octanol–water partition coefficient (Wildman–Crippen LogP) is 4.00. The van der Waals surface area contributed by atoms with Crippen molar-refractivity contribution in [2.45, 2.75) is 13.0 Å². The maximum Gasteiger partial charge on any atom is 0.134 e. The fourth-order valence-corrected chi connectivity index (χ4v) is 2.17. The highest BCUT2D eigenvalue weighted by Crippen LogP contribution is 2.30. The van der Waals surface area contributed by atoms with Crippen molar-refractivity contribution >= 4 is 0 Å². The third-order valence-electron chi connectivity index (χ3n) is 3.21. The molecule has 1 nitrogen and oxygen atoms in total. The number of benzene rings is 2. The lowest BCUT2D eigenvalue weighted by atomic mass is 9.96. The van der Waals surface area contributed by atoms with Gasteiger partial charge in [-0.3, -0.25) is 0 Å². The standard InChI is InChI=1S/C15H12F5N/c1-7-3-11(18)9(6-10(7)17)15(21-2)14-12(19)4-8(16)5-13(14)20/h3-6,15,21H,1-2H3. The van der Waals surface area contributed by atoms with Crippen LogP contribution in [0.1, 0.15) is 22.7 Å². The van der Waals surface area contributed by atoms with Crippen molar-refractivity contribution in [1.29, 1.82) is 0 Å². The Morgan fingerprint density at radius 2 is 1.38 bits per heavy atom. The minimum atomic E-state index is -1.28. The van der Waals surface area contributed by atoms with Gasteiger partial charge in [-0.15, -0.1) is 0 Å². The van der Waals surface area contributed by atoms with Crippen LogP contribution < -0.4 is 5.32 Å². The van der Waals surface area contributed by atoms with Gasteiger partial charge in [0.1, 0.15) is 29.1 Å². The maximum absolute atomic E-state index is 14.0. The Bertz CT molecular complexity index is 661. The second-order valence-electron chi connectivity index (χ2n) is 4.63. The van der Waals surface area contributed by atoms with Gasteiger partial charge in [0.2, 0.25) is 0 Å². The Kier molecular flexibility index (Phi) is 4.27. The first-order chi connectivity index (χ1) is 9.85. The van der Waals surface area contributed by atoms with Crippen molar-refractivity contribution in [3.63, 3.8) is 0 Å². The van der Waals surface area contributed by atoms with Crippen LogP contribution in [0.2, 0.25) is 0 Å². The molecule has 0 amide bonds. The average Bonchev–Trinajstić information content (AvgIpc) is 2.38. The third kappa shape index (κ3) is 2.90. The molecule has 2 aromatic carbocycles. The number of halogens is 5. The van der Waals surface area contributed by atoms with Crippen molar-refractivity contribution < 1.29 is 22.0 Å². The first-order valence-electron chi connectivity index (χ1n) is 6.12. The van der Waals surface area contributed by atoms with Gasteiger partial charge in [0, 0.05) is 23.3 Å². The van der Waals surface area contributed by atoms with Gasteiger partial charge >= 0.3 is 0 Å². The Labute approximate surface area is 118 Å². The Morgan fingerprint density at radius 1 is 0.810 bits per heavy atom. The largest absolute Gasteiger partial charge is 0.309 e. The van der Waals surface area contributed by atoms with E-state index in [4.69, 9.17) is 0 Å². The van der Waals surface area contributed by atoms with Crippen molar-refractivity contribution in [3.8, 4) is 0 Å². The molecule has 2 aromatic rings. The van der Waals surface area contributed by atoms with Crippen molar-refractivity contribution in [2.75, 3.05) is 7.05 Å². The molecule has 112 valence electrons. The van der Waals surface area contributed by atoms with Crippen LogP contribution in [0.25, 0.3) is 0 Å². The summed E-state index contributed by atoms with van der Waals surface area (Å²) in [4.78, 5) is 0. The van der Waals surface area contributed by atoms with Crippen molar-refractivity contribution in [3.05, 3.63) is 70.0 Å². The summed E-state index contributed by atoms with van der Waals surface area (Å²) in [6.45, 7) is 1.37. The first-order valence-corrected chi connectivity index (χ1v) is 6.12. The Morgan fingerprint density at radius 3 is 1.90 bits per heavy atom. The zero-order valence-electron chi connectivity index (χ0n) is 11.3. The van der Waals surface area contributed by atoms with Gasteiger partial charge in [-0.2, -0.15) is 0 Å². The van der Waals surface area contributed by atoms with Crippen LogP contribution in [0.15, 0.2) is 24.3 Å². The number of aryl methyl sites for hydroxylation is 1. The van der Waals surface area contributed by atoms with E-state index in [1.165, 1.54) is 14.0 Å². The number of hydrogen-bond donors (Lipinski definition) is 1. The Hall–Kier alpha value is -1.95. The molecule has 0 aliphatic heterocycles. The second kappa shape index (κ2) is 5.81. The van der Waals surface area contributed by atoms with E-state index < -0.39 is 40.7 Å². The van der Waals surface area contributed by atoms with E-state index in [1.807, 2.05) is 0 Å². The summed E-state index contributed by atoms with van der Waals surface area (Å²) in [7, 11) is 1.34. The highest BCUT2D eigenvalue weighted by atomic mass is 19.2. The molecule has 0 aromatic heterocycles. The molecule has 2 rings (SSSR count). The van der Waals surface area contributed by atoms with Crippen molar-refractivity contribution in [1.82, 2.24) is 5.32 Å². The summed E-state index contributed by atoms with van der Waals surface area (Å²) in [6.07, 6.45) is 0. The molecule has 0 spiro atoms. The number of hydrogen-bond acceptors (Lipinski definition) is 1. The summed E-state index contributed by atoms with van der Waals surface area (Å²) in [6, 6.07) is 1.51. The van der Waals surface area contributed by atoms with Gasteiger partial charge < -0.3 is 5.32 Å². The van der Waals surface area contributed by atoms with Gasteiger partial charge in [-0.25, -0.2) is 22.0 Å². The van der Waals surface area contributed by atoms with E-state index in [1.54, 1.807) is 0 Å². The zero-order chi connectivity index (χ0) is 15.7. The van der Waals surface area contributed by atoms with E-state index in [0.717, 1.165) is 12.1 Å². The second-order valence-corrected chi connectivity index (χ2v) is 4.63. The van der Waals surface area contributed by atoms with E-state index in [-0.39, 0.29) is 11.1 Å². The molecule has 0 fully saturated rings. The minimum Gasteiger partial charge on any atom is -0.309 e. The monoisotopic (exact) mass is 301 g/mol. The molecule has 0 heterocycles. The SMILES string of the molecule is CNC(c1cc(F)c(C)cc1F)c1c(F)cc(F)cc1F. The van der Waals surface area contributed by atoms with Gasteiger partial charge in [0.05, 0.1) is 6.04 Å². The summed E-state index contributed by atoms with van der Waals surface area (Å²) >= 11 is 0. The van der Waals surface area contributed by atoms with Crippen LogP contribution in [0.3, 0.4) is 0 Å². The predicted molar refractivity (Wildman–Crippen MR) is 68.3 cm³/mol. The van der Waals surface area contributed by atoms with E-state index in [2.05, 4.69) is 5.32 Å². The van der Waals surface area contributed by atoms with E-state index in [0.29, 0.717) is 12.1 Å². The molecule has 1 atom stereocenters. The fourth-order valence-electron chi connectivity index (χ4n) is 2.17. The van der Waals surface area contributed by atoms with Crippen molar-refractivity contribution in [2.24, 2.45) is 0 Å². The van der Waals surface area contributed by atoms with Gasteiger partial charge in [-0.1, -0.05) is 0 Å². The average molecular weight is 301 g/mol. The number of rotatable bonds is 3. The molecule has 0 bridgehead atoms.